The first kappa shape index (κ1) is 30.5. The lowest BCUT2D eigenvalue weighted by Crippen LogP contribution is -2.28. The number of benzene rings is 3. The van der Waals surface area contributed by atoms with E-state index in [1.165, 1.54) is 25.1 Å². The molecule has 0 amide bonds. The number of ether oxygens (including phenoxy) is 1. The van der Waals surface area contributed by atoms with E-state index in [0.29, 0.717) is 31.5 Å². The van der Waals surface area contributed by atoms with Crippen LogP contribution in [0.2, 0.25) is 0 Å². The Morgan fingerprint density at radius 3 is 2.28 bits per heavy atom. The Labute approximate surface area is 224 Å². The molecule has 0 saturated carbocycles. The smallest absolute Gasteiger partial charge is 0.416 e. The molecular formula is C28H30F5NO4S. The number of sulfone groups is 1. The molecule has 3 rings (SSSR count). The first-order valence-electron chi connectivity index (χ1n) is 12.2. The lowest BCUT2D eigenvalue weighted by atomic mass is 10.1. The molecule has 1 unspecified atom stereocenters. The van der Waals surface area contributed by atoms with Crippen molar-refractivity contribution in [3.05, 3.63) is 94.6 Å². The quantitative estimate of drug-likeness (QED) is 0.215. The Balaban J connectivity index is 1.70. The Hall–Kier alpha value is -3.02. The molecule has 3 aromatic rings. The number of hydrogen-bond donors (Lipinski definition) is 1. The van der Waals surface area contributed by atoms with E-state index in [4.69, 9.17) is 4.74 Å². The van der Waals surface area contributed by atoms with Gasteiger partial charge in [0.1, 0.15) is 17.4 Å². The van der Waals surface area contributed by atoms with E-state index in [1.54, 1.807) is 18.2 Å². The van der Waals surface area contributed by atoms with Gasteiger partial charge in [0, 0.05) is 37.5 Å². The third kappa shape index (κ3) is 9.01. The molecule has 0 fully saturated rings. The maximum absolute atomic E-state index is 14.6. The van der Waals surface area contributed by atoms with Crippen molar-refractivity contribution in [1.29, 1.82) is 0 Å². The molecule has 0 saturated heterocycles. The molecule has 0 heterocycles. The number of halogens is 5. The van der Waals surface area contributed by atoms with Crippen LogP contribution in [0.25, 0.3) is 0 Å². The third-order valence-electron chi connectivity index (χ3n) is 6.06. The van der Waals surface area contributed by atoms with Crippen LogP contribution in [0.5, 0.6) is 5.75 Å². The highest BCUT2D eigenvalue weighted by Gasteiger charge is 2.30. The van der Waals surface area contributed by atoms with Gasteiger partial charge in [-0.3, -0.25) is 4.90 Å². The van der Waals surface area contributed by atoms with E-state index in [-0.39, 0.29) is 35.2 Å². The Bertz CT molecular complexity index is 1360. The maximum Gasteiger partial charge on any atom is 0.416 e. The van der Waals surface area contributed by atoms with Crippen molar-refractivity contribution in [3.63, 3.8) is 0 Å². The zero-order valence-electron chi connectivity index (χ0n) is 21.5. The molecular weight excluding hydrogens is 541 g/mol. The molecule has 0 bridgehead atoms. The first-order chi connectivity index (χ1) is 18.2. The molecule has 0 aromatic heterocycles. The van der Waals surface area contributed by atoms with E-state index in [2.05, 4.69) is 0 Å². The van der Waals surface area contributed by atoms with Crippen LogP contribution in [0.15, 0.2) is 65.6 Å². The molecule has 212 valence electrons. The van der Waals surface area contributed by atoms with E-state index < -0.39 is 33.5 Å². The van der Waals surface area contributed by atoms with E-state index in [9.17, 15) is 35.5 Å². The van der Waals surface area contributed by atoms with Gasteiger partial charge in [0.15, 0.2) is 9.84 Å². The SMILES string of the molecule is CC(O)c1c(F)cc(OCCCN(CCc2ccc(F)cc2)Cc2cccc(C(F)(F)F)c2)cc1S(C)(=O)=O. The summed E-state index contributed by atoms with van der Waals surface area (Å²) in [5.74, 6) is -1.30. The summed E-state index contributed by atoms with van der Waals surface area (Å²) in [6.45, 7) is 2.44. The highest BCUT2D eigenvalue weighted by atomic mass is 32.2. The van der Waals surface area contributed by atoms with Crippen LogP contribution >= 0.6 is 0 Å². The van der Waals surface area contributed by atoms with Crippen LogP contribution in [0, 0.1) is 11.6 Å². The highest BCUT2D eigenvalue weighted by Crippen LogP contribution is 2.31. The topological polar surface area (TPSA) is 66.8 Å². The Morgan fingerprint density at radius 2 is 1.67 bits per heavy atom. The lowest BCUT2D eigenvalue weighted by molar-refractivity contribution is -0.137. The minimum Gasteiger partial charge on any atom is -0.493 e. The van der Waals surface area contributed by atoms with Crippen molar-refractivity contribution in [3.8, 4) is 5.75 Å². The van der Waals surface area contributed by atoms with Crippen molar-refractivity contribution in [2.24, 2.45) is 0 Å². The fourth-order valence-corrected chi connectivity index (χ4v) is 5.15. The molecule has 3 aromatic carbocycles. The largest absolute Gasteiger partial charge is 0.493 e. The second kappa shape index (κ2) is 12.9. The van der Waals surface area contributed by atoms with Gasteiger partial charge in [0.25, 0.3) is 0 Å². The molecule has 39 heavy (non-hydrogen) atoms. The number of aliphatic hydroxyl groups is 1. The fourth-order valence-electron chi connectivity index (χ4n) is 4.16. The molecule has 1 N–H and O–H groups in total. The van der Waals surface area contributed by atoms with Crippen LogP contribution in [0.3, 0.4) is 0 Å². The molecule has 0 spiro atoms. The van der Waals surface area contributed by atoms with Gasteiger partial charge in [-0.2, -0.15) is 13.2 Å². The third-order valence-corrected chi connectivity index (χ3v) is 7.20. The highest BCUT2D eigenvalue weighted by molar-refractivity contribution is 7.90. The Morgan fingerprint density at radius 1 is 0.974 bits per heavy atom. The first-order valence-corrected chi connectivity index (χ1v) is 14.1. The second-order valence-corrected chi connectivity index (χ2v) is 11.3. The summed E-state index contributed by atoms with van der Waals surface area (Å²) in [6, 6.07) is 13.2. The monoisotopic (exact) mass is 571 g/mol. The van der Waals surface area contributed by atoms with E-state index >= 15 is 0 Å². The number of hydrogen-bond acceptors (Lipinski definition) is 5. The standard InChI is InChI=1S/C28H30F5NO4S/c1-19(35)27-25(30)16-24(17-26(27)39(2,36)37)38-14-4-12-34(13-11-20-7-9-23(29)10-8-20)18-21-5-3-6-22(15-21)28(31,32)33/h3,5-10,15-17,19,35H,4,11-14,18H2,1-2H3. The van der Waals surface area contributed by atoms with Crippen LogP contribution in [0.4, 0.5) is 22.0 Å². The fraction of sp³-hybridized carbons (Fsp3) is 0.357. The van der Waals surface area contributed by atoms with Crippen molar-refractivity contribution in [2.75, 3.05) is 26.0 Å². The van der Waals surface area contributed by atoms with E-state index in [0.717, 1.165) is 36.1 Å². The number of rotatable bonds is 12. The van der Waals surface area contributed by atoms with Gasteiger partial charge in [-0.15, -0.1) is 0 Å². The minimum absolute atomic E-state index is 0.0203. The van der Waals surface area contributed by atoms with Gasteiger partial charge < -0.3 is 9.84 Å². The van der Waals surface area contributed by atoms with Gasteiger partial charge in [-0.25, -0.2) is 17.2 Å². The number of alkyl halides is 3. The van der Waals surface area contributed by atoms with E-state index in [1.807, 2.05) is 4.90 Å². The van der Waals surface area contributed by atoms with Gasteiger partial charge in [-0.1, -0.05) is 30.3 Å². The second-order valence-electron chi connectivity index (χ2n) is 9.32. The van der Waals surface area contributed by atoms with Crippen molar-refractivity contribution in [1.82, 2.24) is 4.90 Å². The Kier molecular flexibility index (Phi) is 10.1. The molecule has 0 aliphatic heterocycles. The van der Waals surface area contributed by atoms with Crippen molar-refractivity contribution >= 4 is 9.84 Å². The molecule has 0 radical (unpaired) electrons. The number of aliphatic hydroxyl groups excluding tert-OH is 1. The van der Waals surface area contributed by atoms with Crippen LogP contribution < -0.4 is 4.74 Å². The zero-order valence-corrected chi connectivity index (χ0v) is 22.3. The summed E-state index contributed by atoms with van der Waals surface area (Å²) in [5, 5.41) is 9.81. The van der Waals surface area contributed by atoms with Gasteiger partial charge in [-0.05, 0) is 55.2 Å². The maximum atomic E-state index is 14.6. The average molecular weight is 572 g/mol. The summed E-state index contributed by atoms with van der Waals surface area (Å²) in [6.07, 6.45) is -3.97. The van der Waals surface area contributed by atoms with Gasteiger partial charge >= 0.3 is 6.18 Å². The normalized spacial score (nSPS) is 13.1. The van der Waals surface area contributed by atoms with Crippen LogP contribution in [-0.4, -0.2) is 44.4 Å². The lowest BCUT2D eigenvalue weighted by Gasteiger charge is -2.23. The van der Waals surface area contributed by atoms with Crippen LogP contribution in [-0.2, 0) is 29.0 Å². The summed E-state index contributed by atoms with van der Waals surface area (Å²) in [4.78, 5) is 1.57. The summed E-state index contributed by atoms with van der Waals surface area (Å²) < 4.78 is 97.2. The minimum atomic E-state index is -4.47. The van der Waals surface area contributed by atoms with Crippen molar-refractivity contribution < 1.29 is 40.2 Å². The average Bonchev–Trinajstić information content (AvgIpc) is 2.84. The summed E-state index contributed by atoms with van der Waals surface area (Å²) in [5.41, 5.74) is 0.256. The van der Waals surface area contributed by atoms with Gasteiger partial charge in [0.05, 0.1) is 23.2 Å². The molecule has 11 heteroatoms. The zero-order chi connectivity index (χ0) is 28.8. The predicted molar refractivity (Wildman–Crippen MR) is 137 cm³/mol. The summed E-state index contributed by atoms with van der Waals surface area (Å²) in [7, 11) is -3.84. The van der Waals surface area contributed by atoms with Gasteiger partial charge in [0.2, 0.25) is 0 Å². The molecule has 0 aliphatic carbocycles. The van der Waals surface area contributed by atoms with Crippen LogP contribution in [0.1, 0.15) is 41.7 Å². The summed E-state index contributed by atoms with van der Waals surface area (Å²) >= 11 is 0. The molecule has 0 aliphatic rings. The molecule has 1 atom stereocenters. The number of nitrogens with zero attached hydrogens (tertiary/aromatic N) is 1. The molecule has 5 nitrogen and oxygen atoms in total. The van der Waals surface area contributed by atoms with Crippen molar-refractivity contribution in [2.45, 2.75) is 43.5 Å². The predicted octanol–water partition coefficient (Wildman–Crippen LogP) is 5.95.